The molecule has 0 heterocycles. The van der Waals surface area contributed by atoms with Crippen LogP contribution < -0.4 is 10.1 Å². The van der Waals surface area contributed by atoms with E-state index in [-0.39, 0.29) is 11.2 Å². The summed E-state index contributed by atoms with van der Waals surface area (Å²) in [6, 6.07) is 17.0. The molecule has 1 atom stereocenters. The number of nitriles is 1. The Hall–Kier alpha value is -2.45. The number of carbonyl (C=O) groups is 1. The molecule has 2 rings (SSSR count). The smallest absolute Gasteiger partial charge is 0.237 e. The van der Waals surface area contributed by atoms with Crippen LogP contribution >= 0.6 is 11.8 Å². The first-order valence-electron chi connectivity index (χ1n) is 7.77. The first-order valence-corrected chi connectivity index (χ1v) is 8.82. The molecule has 0 aliphatic carbocycles. The number of anilines is 1. The number of ether oxygens (including phenoxy) is 1. The fourth-order valence-corrected chi connectivity index (χ4v) is 2.95. The fourth-order valence-electron chi connectivity index (χ4n) is 2.11. The zero-order valence-corrected chi connectivity index (χ0v) is 14.6. The molecule has 2 aromatic rings. The summed E-state index contributed by atoms with van der Waals surface area (Å²) in [4.78, 5) is 12.4. The Bertz CT molecular complexity index is 740. The van der Waals surface area contributed by atoms with Gasteiger partial charge in [0.05, 0.1) is 29.2 Å². The fraction of sp³-hybridized carbons (Fsp3) is 0.263. The number of hydrogen-bond acceptors (Lipinski definition) is 4. The summed E-state index contributed by atoms with van der Waals surface area (Å²) in [6.45, 7) is 4.33. The first kappa shape index (κ1) is 17.9. The molecule has 0 aromatic heterocycles. The Morgan fingerprint density at radius 3 is 2.83 bits per heavy atom. The minimum Gasteiger partial charge on any atom is -0.492 e. The number of para-hydroxylation sites is 2. The SMILES string of the molecule is CCOc1ccccc1NC(=O)C(C)SCc1cccc(C#N)c1. The third kappa shape index (κ3) is 5.04. The summed E-state index contributed by atoms with van der Waals surface area (Å²) in [5.74, 6) is 1.29. The number of thioether (sulfide) groups is 1. The molecule has 2 aromatic carbocycles. The largest absolute Gasteiger partial charge is 0.492 e. The predicted octanol–water partition coefficient (Wildman–Crippen LogP) is 4.22. The molecule has 1 N–H and O–H groups in total. The van der Waals surface area contributed by atoms with E-state index in [0.717, 1.165) is 5.56 Å². The van der Waals surface area contributed by atoms with Crippen LogP contribution in [0.5, 0.6) is 5.75 Å². The molecule has 24 heavy (non-hydrogen) atoms. The van der Waals surface area contributed by atoms with Crippen LogP contribution in [0, 0.1) is 11.3 Å². The van der Waals surface area contributed by atoms with Gasteiger partial charge < -0.3 is 10.1 Å². The lowest BCUT2D eigenvalue weighted by molar-refractivity contribution is -0.115. The molecule has 0 saturated carbocycles. The van der Waals surface area contributed by atoms with Crippen molar-refractivity contribution >= 4 is 23.4 Å². The molecule has 4 nitrogen and oxygen atoms in total. The van der Waals surface area contributed by atoms with Crippen molar-refractivity contribution in [3.8, 4) is 11.8 Å². The third-order valence-electron chi connectivity index (χ3n) is 3.37. The highest BCUT2D eigenvalue weighted by Crippen LogP contribution is 2.25. The number of benzene rings is 2. The second-order valence-electron chi connectivity index (χ2n) is 5.18. The van der Waals surface area contributed by atoms with Crippen molar-refractivity contribution < 1.29 is 9.53 Å². The van der Waals surface area contributed by atoms with Crippen molar-refractivity contribution in [2.24, 2.45) is 0 Å². The Labute approximate surface area is 146 Å². The third-order valence-corrected chi connectivity index (χ3v) is 4.58. The summed E-state index contributed by atoms with van der Waals surface area (Å²) < 4.78 is 5.52. The van der Waals surface area contributed by atoms with Crippen LogP contribution in [-0.4, -0.2) is 17.8 Å². The van der Waals surface area contributed by atoms with Crippen molar-refractivity contribution in [2.75, 3.05) is 11.9 Å². The number of carbonyl (C=O) groups excluding carboxylic acids is 1. The predicted molar refractivity (Wildman–Crippen MR) is 98.2 cm³/mol. The average molecular weight is 340 g/mol. The molecule has 1 amide bonds. The molecule has 0 aliphatic heterocycles. The van der Waals surface area contributed by atoms with E-state index in [2.05, 4.69) is 11.4 Å². The van der Waals surface area contributed by atoms with Crippen LogP contribution in [0.3, 0.4) is 0 Å². The summed E-state index contributed by atoms with van der Waals surface area (Å²) >= 11 is 1.53. The van der Waals surface area contributed by atoms with E-state index in [1.54, 1.807) is 6.07 Å². The van der Waals surface area contributed by atoms with Crippen LogP contribution in [0.15, 0.2) is 48.5 Å². The Kier molecular flexibility index (Phi) is 6.71. The minimum atomic E-state index is -0.217. The molecule has 0 aliphatic rings. The number of nitrogens with zero attached hydrogens (tertiary/aromatic N) is 1. The number of rotatable bonds is 7. The monoisotopic (exact) mass is 340 g/mol. The van der Waals surface area contributed by atoms with Gasteiger partial charge in [-0.05, 0) is 43.7 Å². The molecule has 5 heteroatoms. The van der Waals surface area contributed by atoms with Crippen molar-refractivity contribution in [1.82, 2.24) is 0 Å². The Morgan fingerprint density at radius 1 is 1.29 bits per heavy atom. The van der Waals surface area contributed by atoms with E-state index in [4.69, 9.17) is 10.00 Å². The normalized spacial score (nSPS) is 11.4. The van der Waals surface area contributed by atoms with E-state index < -0.39 is 0 Å². The van der Waals surface area contributed by atoms with Crippen LogP contribution in [0.2, 0.25) is 0 Å². The van der Waals surface area contributed by atoms with Gasteiger partial charge in [-0.1, -0.05) is 24.3 Å². The van der Waals surface area contributed by atoms with Gasteiger partial charge in [0.15, 0.2) is 0 Å². The number of amides is 1. The molecule has 0 bridgehead atoms. The Balaban J connectivity index is 1.94. The zero-order valence-electron chi connectivity index (χ0n) is 13.8. The standard InChI is InChI=1S/C19H20N2O2S/c1-3-23-18-10-5-4-9-17(18)21-19(22)14(2)24-13-16-8-6-7-15(11-16)12-20/h4-11,14H,3,13H2,1-2H3,(H,21,22). The van der Waals surface area contributed by atoms with E-state index in [0.29, 0.717) is 29.4 Å². The minimum absolute atomic E-state index is 0.0661. The van der Waals surface area contributed by atoms with Gasteiger partial charge in [-0.25, -0.2) is 0 Å². The lowest BCUT2D eigenvalue weighted by atomic mass is 10.2. The number of hydrogen-bond donors (Lipinski definition) is 1. The maximum atomic E-state index is 12.4. The first-order chi connectivity index (χ1) is 11.6. The van der Waals surface area contributed by atoms with Gasteiger partial charge in [-0.3, -0.25) is 4.79 Å². The van der Waals surface area contributed by atoms with Crippen LogP contribution in [0.4, 0.5) is 5.69 Å². The maximum absolute atomic E-state index is 12.4. The van der Waals surface area contributed by atoms with Gasteiger partial charge in [0.1, 0.15) is 5.75 Å². The molecule has 0 radical (unpaired) electrons. The van der Waals surface area contributed by atoms with Gasteiger partial charge in [0, 0.05) is 5.75 Å². The quantitative estimate of drug-likeness (QED) is 0.820. The molecule has 1 unspecified atom stereocenters. The number of nitrogens with one attached hydrogen (secondary N) is 1. The van der Waals surface area contributed by atoms with Crippen molar-refractivity contribution in [1.29, 1.82) is 5.26 Å². The van der Waals surface area contributed by atoms with E-state index >= 15 is 0 Å². The highest BCUT2D eigenvalue weighted by molar-refractivity contribution is 7.99. The van der Waals surface area contributed by atoms with Gasteiger partial charge in [-0.15, -0.1) is 11.8 Å². The van der Waals surface area contributed by atoms with Crippen LogP contribution in [0.1, 0.15) is 25.0 Å². The second kappa shape index (κ2) is 8.99. The van der Waals surface area contributed by atoms with Gasteiger partial charge in [0.25, 0.3) is 0 Å². The van der Waals surface area contributed by atoms with Crippen molar-refractivity contribution in [3.63, 3.8) is 0 Å². The molecular weight excluding hydrogens is 320 g/mol. The average Bonchev–Trinajstić information content (AvgIpc) is 2.61. The van der Waals surface area contributed by atoms with E-state index in [9.17, 15) is 4.79 Å². The summed E-state index contributed by atoms with van der Waals surface area (Å²) in [7, 11) is 0. The van der Waals surface area contributed by atoms with Crippen molar-refractivity contribution in [3.05, 3.63) is 59.7 Å². The lowest BCUT2D eigenvalue weighted by Crippen LogP contribution is -2.23. The molecular formula is C19H20N2O2S. The van der Waals surface area contributed by atoms with Crippen LogP contribution in [-0.2, 0) is 10.5 Å². The highest BCUT2D eigenvalue weighted by Gasteiger charge is 2.15. The van der Waals surface area contributed by atoms with Crippen molar-refractivity contribution in [2.45, 2.75) is 24.9 Å². The molecule has 0 fully saturated rings. The molecule has 0 spiro atoms. The topological polar surface area (TPSA) is 62.1 Å². The van der Waals surface area contributed by atoms with E-state index in [1.165, 1.54) is 11.8 Å². The second-order valence-corrected chi connectivity index (χ2v) is 6.51. The zero-order chi connectivity index (χ0) is 17.4. The van der Waals surface area contributed by atoms with Crippen LogP contribution in [0.25, 0.3) is 0 Å². The lowest BCUT2D eigenvalue weighted by Gasteiger charge is -2.15. The molecule has 124 valence electrons. The van der Waals surface area contributed by atoms with E-state index in [1.807, 2.05) is 56.3 Å². The highest BCUT2D eigenvalue weighted by atomic mass is 32.2. The Morgan fingerprint density at radius 2 is 2.08 bits per heavy atom. The maximum Gasteiger partial charge on any atom is 0.237 e. The molecule has 0 saturated heterocycles. The summed E-state index contributed by atoms with van der Waals surface area (Å²) in [5, 5.41) is 11.6. The van der Waals surface area contributed by atoms with Gasteiger partial charge in [0.2, 0.25) is 5.91 Å². The van der Waals surface area contributed by atoms with Gasteiger partial charge >= 0.3 is 0 Å². The van der Waals surface area contributed by atoms with Gasteiger partial charge in [-0.2, -0.15) is 5.26 Å². The summed E-state index contributed by atoms with van der Waals surface area (Å²) in [5.41, 5.74) is 2.35. The summed E-state index contributed by atoms with van der Waals surface area (Å²) in [6.07, 6.45) is 0.